The summed E-state index contributed by atoms with van der Waals surface area (Å²) in [6.45, 7) is 3.97. The molecule has 2 aliphatic rings. The molecule has 0 aliphatic carbocycles. The van der Waals surface area contributed by atoms with Crippen molar-refractivity contribution >= 4 is 11.8 Å². The maximum absolute atomic E-state index is 8.99. The van der Waals surface area contributed by atoms with Gasteiger partial charge in [-0.05, 0) is 43.4 Å². The highest BCUT2D eigenvalue weighted by atomic mass is 32.2. The normalized spacial score (nSPS) is 27.6. The number of aliphatic hydroxyl groups excluding tert-OH is 1. The van der Waals surface area contributed by atoms with Crippen LogP contribution in [0.3, 0.4) is 0 Å². The predicted octanol–water partition coefficient (Wildman–Crippen LogP) is 2.41. The lowest BCUT2D eigenvalue weighted by molar-refractivity contribution is 0.251. The smallest absolute Gasteiger partial charge is 0.0434 e. The molecule has 2 aliphatic heterocycles. The molecule has 1 aromatic carbocycles. The highest BCUT2D eigenvalue weighted by Crippen LogP contribution is 2.37. The maximum atomic E-state index is 8.99. The van der Waals surface area contributed by atoms with Gasteiger partial charge in [0.05, 0.1) is 0 Å². The standard InChI is InChI=1S/C15H21NOS/c17-8-6-12-5-7-16(10-12)11-14-9-13-3-1-2-4-15(13)18-14/h1-4,12,14,17H,5-11H2. The summed E-state index contributed by atoms with van der Waals surface area (Å²) < 4.78 is 0. The van der Waals surface area contributed by atoms with Gasteiger partial charge in [0.2, 0.25) is 0 Å². The quantitative estimate of drug-likeness (QED) is 0.902. The number of fused-ring (bicyclic) bond motifs is 1. The first-order valence-corrected chi connectivity index (χ1v) is 7.81. The van der Waals surface area contributed by atoms with Crippen LogP contribution in [0.4, 0.5) is 0 Å². The second kappa shape index (κ2) is 5.64. The fourth-order valence-corrected chi connectivity index (χ4v) is 4.51. The summed E-state index contributed by atoms with van der Waals surface area (Å²) >= 11 is 2.05. The first-order valence-electron chi connectivity index (χ1n) is 6.93. The van der Waals surface area contributed by atoms with Crippen LogP contribution in [0.25, 0.3) is 0 Å². The van der Waals surface area contributed by atoms with Crippen LogP contribution in [-0.2, 0) is 6.42 Å². The minimum absolute atomic E-state index is 0.349. The van der Waals surface area contributed by atoms with E-state index in [1.54, 1.807) is 0 Å². The molecule has 0 saturated carbocycles. The number of rotatable bonds is 4. The van der Waals surface area contributed by atoms with E-state index in [9.17, 15) is 0 Å². The molecule has 0 amide bonds. The molecule has 1 fully saturated rings. The van der Waals surface area contributed by atoms with Gasteiger partial charge in [-0.15, -0.1) is 11.8 Å². The highest BCUT2D eigenvalue weighted by Gasteiger charge is 2.27. The molecule has 2 heterocycles. The molecule has 1 saturated heterocycles. The number of benzene rings is 1. The van der Waals surface area contributed by atoms with Crippen LogP contribution in [0.1, 0.15) is 18.4 Å². The van der Waals surface area contributed by atoms with Crippen molar-refractivity contribution < 1.29 is 5.11 Å². The van der Waals surface area contributed by atoms with Gasteiger partial charge < -0.3 is 10.0 Å². The Morgan fingerprint density at radius 2 is 2.22 bits per heavy atom. The van der Waals surface area contributed by atoms with E-state index in [4.69, 9.17) is 5.11 Å². The molecular formula is C15H21NOS. The highest BCUT2D eigenvalue weighted by molar-refractivity contribution is 8.00. The summed E-state index contributed by atoms with van der Waals surface area (Å²) in [5.41, 5.74) is 1.53. The van der Waals surface area contributed by atoms with Gasteiger partial charge in [0.25, 0.3) is 0 Å². The largest absolute Gasteiger partial charge is 0.396 e. The van der Waals surface area contributed by atoms with Gasteiger partial charge in [-0.2, -0.15) is 0 Å². The minimum Gasteiger partial charge on any atom is -0.396 e. The van der Waals surface area contributed by atoms with Crippen LogP contribution in [0, 0.1) is 5.92 Å². The van der Waals surface area contributed by atoms with Crippen molar-refractivity contribution in [1.29, 1.82) is 0 Å². The molecule has 1 aromatic rings. The molecule has 3 heteroatoms. The number of aliphatic hydroxyl groups is 1. The molecule has 3 rings (SSSR count). The molecule has 18 heavy (non-hydrogen) atoms. The number of nitrogens with zero attached hydrogens (tertiary/aromatic N) is 1. The second-order valence-corrected chi connectivity index (χ2v) is 6.82. The molecule has 0 spiro atoms. The van der Waals surface area contributed by atoms with Gasteiger partial charge in [-0.1, -0.05) is 18.2 Å². The van der Waals surface area contributed by atoms with Crippen molar-refractivity contribution in [2.45, 2.75) is 29.4 Å². The van der Waals surface area contributed by atoms with E-state index in [0.717, 1.165) is 17.6 Å². The van der Waals surface area contributed by atoms with Crippen molar-refractivity contribution in [3.8, 4) is 0 Å². The fraction of sp³-hybridized carbons (Fsp3) is 0.600. The van der Waals surface area contributed by atoms with E-state index in [2.05, 4.69) is 29.2 Å². The zero-order chi connectivity index (χ0) is 12.4. The molecule has 0 radical (unpaired) electrons. The van der Waals surface area contributed by atoms with E-state index < -0.39 is 0 Å². The van der Waals surface area contributed by atoms with Gasteiger partial charge in [-0.3, -0.25) is 0 Å². The first-order chi connectivity index (χ1) is 8.85. The zero-order valence-corrected chi connectivity index (χ0v) is 11.5. The van der Waals surface area contributed by atoms with Gasteiger partial charge in [0.15, 0.2) is 0 Å². The zero-order valence-electron chi connectivity index (χ0n) is 10.7. The van der Waals surface area contributed by atoms with E-state index in [-0.39, 0.29) is 0 Å². The first kappa shape index (κ1) is 12.5. The third-order valence-electron chi connectivity index (χ3n) is 4.08. The van der Waals surface area contributed by atoms with E-state index in [1.165, 1.54) is 42.9 Å². The summed E-state index contributed by atoms with van der Waals surface area (Å²) in [4.78, 5) is 4.07. The lowest BCUT2D eigenvalue weighted by atomic mass is 10.1. The summed E-state index contributed by atoms with van der Waals surface area (Å²) in [5.74, 6) is 0.726. The Morgan fingerprint density at radius 3 is 3.06 bits per heavy atom. The Labute approximate surface area is 113 Å². The van der Waals surface area contributed by atoms with Gasteiger partial charge >= 0.3 is 0 Å². The Kier molecular flexibility index (Phi) is 3.92. The van der Waals surface area contributed by atoms with Crippen LogP contribution >= 0.6 is 11.8 Å². The van der Waals surface area contributed by atoms with E-state index in [1.807, 2.05) is 11.8 Å². The summed E-state index contributed by atoms with van der Waals surface area (Å²) in [7, 11) is 0. The average Bonchev–Trinajstić information content (AvgIpc) is 2.96. The number of likely N-dealkylation sites (tertiary alicyclic amines) is 1. The Morgan fingerprint density at radius 1 is 1.33 bits per heavy atom. The van der Waals surface area contributed by atoms with Crippen molar-refractivity contribution in [2.75, 3.05) is 26.2 Å². The van der Waals surface area contributed by atoms with Crippen LogP contribution in [0.2, 0.25) is 0 Å². The number of hydrogen-bond acceptors (Lipinski definition) is 3. The summed E-state index contributed by atoms with van der Waals surface area (Å²) in [6.07, 6.45) is 3.47. The molecule has 1 N–H and O–H groups in total. The Bertz CT molecular complexity index is 384. The lowest BCUT2D eigenvalue weighted by Crippen LogP contribution is -2.29. The Balaban J connectivity index is 1.51. The SMILES string of the molecule is OCCC1CCN(CC2Cc3ccccc3S2)C1. The fourth-order valence-electron chi connectivity index (χ4n) is 3.14. The van der Waals surface area contributed by atoms with Crippen LogP contribution in [0.5, 0.6) is 0 Å². The number of hydrogen-bond donors (Lipinski definition) is 1. The second-order valence-electron chi connectivity index (χ2n) is 5.48. The van der Waals surface area contributed by atoms with Crippen molar-refractivity contribution in [2.24, 2.45) is 5.92 Å². The topological polar surface area (TPSA) is 23.5 Å². The molecule has 2 nitrogen and oxygen atoms in total. The molecule has 0 aromatic heterocycles. The average molecular weight is 263 g/mol. The van der Waals surface area contributed by atoms with Crippen LogP contribution in [0.15, 0.2) is 29.2 Å². The Hall–Kier alpha value is -0.510. The van der Waals surface area contributed by atoms with Crippen LogP contribution in [-0.4, -0.2) is 41.5 Å². The third kappa shape index (κ3) is 2.73. The molecular weight excluding hydrogens is 242 g/mol. The van der Waals surface area contributed by atoms with Crippen molar-refractivity contribution in [3.05, 3.63) is 29.8 Å². The lowest BCUT2D eigenvalue weighted by Gasteiger charge is -2.19. The van der Waals surface area contributed by atoms with E-state index >= 15 is 0 Å². The van der Waals surface area contributed by atoms with Gasteiger partial charge in [-0.25, -0.2) is 0 Å². The molecule has 0 bridgehead atoms. The van der Waals surface area contributed by atoms with Crippen molar-refractivity contribution in [1.82, 2.24) is 4.90 Å². The van der Waals surface area contributed by atoms with Crippen LogP contribution < -0.4 is 0 Å². The van der Waals surface area contributed by atoms with E-state index in [0.29, 0.717) is 6.61 Å². The molecule has 2 unspecified atom stereocenters. The molecule has 2 atom stereocenters. The van der Waals surface area contributed by atoms with Gasteiger partial charge in [0, 0.05) is 29.8 Å². The van der Waals surface area contributed by atoms with Crippen molar-refractivity contribution in [3.63, 3.8) is 0 Å². The summed E-state index contributed by atoms with van der Waals surface area (Å²) in [5, 5.41) is 9.72. The summed E-state index contributed by atoms with van der Waals surface area (Å²) in [6, 6.07) is 8.80. The minimum atomic E-state index is 0.349. The monoisotopic (exact) mass is 263 g/mol. The van der Waals surface area contributed by atoms with Gasteiger partial charge in [0.1, 0.15) is 0 Å². The molecule has 98 valence electrons. The maximum Gasteiger partial charge on any atom is 0.0434 e. The number of thioether (sulfide) groups is 1. The third-order valence-corrected chi connectivity index (χ3v) is 5.38. The predicted molar refractivity (Wildman–Crippen MR) is 76.0 cm³/mol.